The quantitative estimate of drug-likeness (QED) is 0.718. The third-order valence-corrected chi connectivity index (χ3v) is 3.55. The monoisotopic (exact) mass is 413 g/mol. The van der Waals surface area contributed by atoms with E-state index in [1.807, 2.05) is 0 Å². The molecular formula is C20H17F3N2O4. The number of benzene rings is 2. The molecule has 6 nitrogen and oxygen atoms in total. The summed E-state index contributed by atoms with van der Waals surface area (Å²) in [4.78, 5) is 24.4. The van der Waals surface area contributed by atoms with Crippen molar-refractivity contribution >= 4 is 11.9 Å². The minimum atomic E-state index is -3.63. The van der Waals surface area contributed by atoms with Crippen molar-refractivity contribution in [2.24, 2.45) is 0 Å². The number of carboxylic acids is 1. The van der Waals surface area contributed by atoms with E-state index in [0.29, 0.717) is 4.90 Å². The molecule has 0 saturated carbocycles. The van der Waals surface area contributed by atoms with Crippen LogP contribution in [0.4, 0.5) is 13.2 Å². The van der Waals surface area contributed by atoms with Crippen LogP contribution in [0, 0.1) is 28.8 Å². The highest BCUT2D eigenvalue weighted by Gasteiger charge is 2.21. The molecule has 1 N–H and O–H groups in total. The standard InChI is InChI=1S/C20H17F3N2O4/c1-2-15-17(23)6-14(21)7-18(15)29-11-19(26)25(10-20(27)28)9-13-4-3-12(8-24)5-16(13)22/h3-7H,2,9-11H2,1H3,(H,27,28)/i1D3,2D2,11D2. The molecule has 9 heteroatoms. The van der Waals surface area contributed by atoms with Crippen molar-refractivity contribution in [3.05, 3.63) is 64.5 Å². The minimum Gasteiger partial charge on any atom is -0.483 e. The zero-order chi connectivity index (χ0) is 27.6. The molecule has 0 aliphatic heterocycles. The van der Waals surface area contributed by atoms with E-state index in [1.165, 1.54) is 0 Å². The van der Waals surface area contributed by atoms with Crippen LogP contribution >= 0.6 is 0 Å². The van der Waals surface area contributed by atoms with Gasteiger partial charge in [0.2, 0.25) is 0 Å². The fraction of sp³-hybridized carbons (Fsp3) is 0.250. The van der Waals surface area contributed by atoms with E-state index in [2.05, 4.69) is 0 Å². The maximum Gasteiger partial charge on any atom is 0.323 e. The first-order chi connectivity index (χ1) is 16.4. The Bertz CT molecular complexity index is 1230. The Hall–Kier alpha value is -3.54. The number of halogens is 3. The van der Waals surface area contributed by atoms with E-state index in [9.17, 15) is 22.8 Å². The fourth-order valence-corrected chi connectivity index (χ4v) is 2.23. The van der Waals surface area contributed by atoms with Gasteiger partial charge in [-0.15, -0.1) is 0 Å². The van der Waals surface area contributed by atoms with Crippen molar-refractivity contribution < 1.29 is 42.2 Å². The predicted octanol–water partition coefficient (Wildman–Crippen LogP) is 3.03. The molecule has 1 amide bonds. The Labute approximate surface area is 174 Å². The van der Waals surface area contributed by atoms with Crippen LogP contribution in [-0.4, -0.2) is 35.0 Å². The number of carbonyl (C=O) groups is 2. The van der Waals surface area contributed by atoms with Crippen LogP contribution in [0.1, 0.15) is 33.1 Å². The van der Waals surface area contributed by atoms with E-state index >= 15 is 0 Å². The molecule has 0 saturated heterocycles. The van der Waals surface area contributed by atoms with E-state index in [1.54, 1.807) is 6.07 Å². The summed E-state index contributed by atoms with van der Waals surface area (Å²) in [5.74, 6) is -8.89. The molecule has 0 fully saturated rings. The number of ether oxygens (including phenoxy) is 1. The summed E-state index contributed by atoms with van der Waals surface area (Å²) >= 11 is 0. The Balaban J connectivity index is 2.50. The SMILES string of the molecule is [2H]C([2H])(Oc1cc(F)cc(F)c1C([2H])([2H])C([2H])([2H])[2H])C(=O)N(CC(=O)O)Cc1ccc(C#N)cc1F. The van der Waals surface area contributed by atoms with E-state index in [4.69, 9.17) is 24.7 Å². The van der Waals surface area contributed by atoms with Gasteiger partial charge in [-0.1, -0.05) is 12.9 Å². The Morgan fingerprint density at radius 2 is 2.03 bits per heavy atom. The van der Waals surface area contributed by atoms with Gasteiger partial charge in [0.05, 0.1) is 14.4 Å². The van der Waals surface area contributed by atoms with Crippen molar-refractivity contribution in [1.82, 2.24) is 4.90 Å². The summed E-state index contributed by atoms with van der Waals surface area (Å²) < 4.78 is 101. The Morgan fingerprint density at radius 1 is 1.28 bits per heavy atom. The lowest BCUT2D eigenvalue weighted by Gasteiger charge is -2.22. The number of hydrogen-bond acceptors (Lipinski definition) is 4. The van der Waals surface area contributed by atoms with Gasteiger partial charge in [0.15, 0.2) is 6.56 Å². The third-order valence-electron chi connectivity index (χ3n) is 3.55. The normalized spacial score (nSPS) is 15.3. The van der Waals surface area contributed by atoms with Gasteiger partial charge in [0.25, 0.3) is 5.91 Å². The highest BCUT2D eigenvalue weighted by Crippen LogP contribution is 2.24. The molecule has 2 aromatic rings. The number of carbonyl (C=O) groups excluding carboxylic acids is 1. The Morgan fingerprint density at radius 3 is 2.66 bits per heavy atom. The Kier molecular flexibility index (Phi) is 4.50. The summed E-state index contributed by atoms with van der Waals surface area (Å²) in [5, 5.41) is 17.9. The number of rotatable bonds is 8. The second-order valence-corrected chi connectivity index (χ2v) is 5.56. The summed E-state index contributed by atoms with van der Waals surface area (Å²) in [5.41, 5.74) is -1.80. The molecule has 2 aromatic carbocycles. The van der Waals surface area contributed by atoms with E-state index in [-0.39, 0.29) is 23.3 Å². The zero-order valence-corrected chi connectivity index (χ0v) is 14.5. The van der Waals surface area contributed by atoms with Gasteiger partial charge in [-0.25, -0.2) is 13.2 Å². The average molecular weight is 413 g/mol. The van der Waals surface area contributed by atoms with Crippen molar-refractivity contribution in [1.29, 1.82) is 5.26 Å². The van der Waals surface area contributed by atoms with Gasteiger partial charge in [-0.3, -0.25) is 9.59 Å². The lowest BCUT2D eigenvalue weighted by Crippen LogP contribution is -2.38. The highest BCUT2D eigenvalue weighted by molar-refractivity contribution is 5.82. The molecule has 0 radical (unpaired) electrons. The molecule has 0 atom stereocenters. The summed E-state index contributed by atoms with van der Waals surface area (Å²) in [6, 6.07) is 5.06. The van der Waals surface area contributed by atoms with Crippen molar-refractivity contribution in [3.63, 3.8) is 0 Å². The molecule has 0 bridgehead atoms. The van der Waals surface area contributed by atoms with Gasteiger partial charge in [0.1, 0.15) is 29.7 Å². The number of hydrogen-bond donors (Lipinski definition) is 1. The van der Waals surface area contributed by atoms with Gasteiger partial charge in [-0.2, -0.15) is 5.26 Å². The first-order valence-electron chi connectivity index (χ1n) is 11.3. The minimum absolute atomic E-state index is 0.0878. The van der Waals surface area contributed by atoms with Crippen LogP contribution in [0.3, 0.4) is 0 Å². The van der Waals surface area contributed by atoms with Crippen molar-refractivity contribution in [3.8, 4) is 11.8 Å². The summed E-state index contributed by atoms with van der Waals surface area (Å²) in [6.45, 7) is -9.16. The largest absolute Gasteiger partial charge is 0.483 e. The topological polar surface area (TPSA) is 90.6 Å². The second kappa shape index (κ2) is 9.59. The summed E-state index contributed by atoms with van der Waals surface area (Å²) in [6.07, 6.45) is -3.52. The number of carboxylic acid groups (broad SMARTS) is 1. The molecular weight excluding hydrogens is 389 g/mol. The first kappa shape index (κ1) is 13.6. The maximum absolute atomic E-state index is 14.5. The van der Waals surface area contributed by atoms with Crippen LogP contribution < -0.4 is 4.74 Å². The van der Waals surface area contributed by atoms with Crippen LogP contribution in [0.2, 0.25) is 0 Å². The lowest BCUT2D eigenvalue weighted by molar-refractivity contribution is -0.145. The molecule has 0 heterocycles. The van der Waals surface area contributed by atoms with Crippen LogP contribution in [-0.2, 0) is 22.5 Å². The predicted molar refractivity (Wildman–Crippen MR) is 95.4 cm³/mol. The van der Waals surface area contributed by atoms with Crippen LogP contribution in [0.25, 0.3) is 0 Å². The van der Waals surface area contributed by atoms with Gasteiger partial charge >= 0.3 is 5.97 Å². The number of nitriles is 1. The van der Waals surface area contributed by atoms with Crippen molar-refractivity contribution in [2.75, 3.05) is 13.1 Å². The van der Waals surface area contributed by atoms with Crippen molar-refractivity contribution in [2.45, 2.75) is 19.8 Å². The first-order valence-corrected chi connectivity index (χ1v) is 7.79. The van der Waals surface area contributed by atoms with E-state index in [0.717, 1.165) is 18.2 Å². The molecule has 0 aromatic heterocycles. The third kappa shape index (κ3) is 5.72. The lowest BCUT2D eigenvalue weighted by atomic mass is 10.1. The molecule has 0 aliphatic rings. The van der Waals surface area contributed by atoms with Crippen LogP contribution in [0.15, 0.2) is 30.3 Å². The number of aliphatic carboxylic acids is 1. The van der Waals surface area contributed by atoms with E-state index < -0.39 is 73.5 Å². The molecule has 0 spiro atoms. The van der Waals surface area contributed by atoms with Gasteiger partial charge in [0, 0.05) is 36.7 Å². The smallest absolute Gasteiger partial charge is 0.323 e. The zero-order valence-electron chi connectivity index (χ0n) is 21.5. The molecule has 2 rings (SSSR count). The number of amides is 1. The maximum atomic E-state index is 14.5. The molecule has 152 valence electrons. The molecule has 29 heavy (non-hydrogen) atoms. The average Bonchev–Trinajstić information content (AvgIpc) is 2.71. The second-order valence-electron chi connectivity index (χ2n) is 5.56. The highest BCUT2D eigenvalue weighted by atomic mass is 19.1. The molecule has 0 aliphatic carbocycles. The fourth-order valence-electron chi connectivity index (χ4n) is 2.23. The van der Waals surface area contributed by atoms with Gasteiger partial charge in [-0.05, 0) is 18.5 Å². The number of nitrogens with zero attached hydrogens (tertiary/aromatic N) is 2. The van der Waals surface area contributed by atoms with Crippen LogP contribution in [0.5, 0.6) is 5.75 Å². The van der Waals surface area contributed by atoms with Gasteiger partial charge < -0.3 is 14.7 Å². The summed E-state index contributed by atoms with van der Waals surface area (Å²) in [7, 11) is 0. The molecule has 0 unspecified atom stereocenters.